The number of ketones is 1. The Balaban J connectivity index is 1.32. The van der Waals surface area contributed by atoms with Crippen molar-refractivity contribution in [3.05, 3.63) is 177 Å². The van der Waals surface area contributed by atoms with Gasteiger partial charge in [0.1, 0.15) is 11.6 Å². The normalized spacial score (nSPS) is 16.9. The predicted octanol–water partition coefficient (Wildman–Crippen LogP) is 4.91. The number of nitrogens with one attached hydrogen (secondary N) is 4. The molecule has 0 saturated heterocycles. The van der Waals surface area contributed by atoms with Gasteiger partial charge in [0.25, 0.3) is 0 Å². The van der Waals surface area contributed by atoms with E-state index in [9.17, 15) is 27.6 Å². The van der Waals surface area contributed by atoms with Crippen LogP contribution in [0.25, 0.3) is 0 Å². The van der Waals surface area contributed by atoms with E-state index in [0.29, 0.717) is 11.1 Å². The second-order valence-electron chi connectivity index (χ2n) is 15.2. The number of sulfone groups is 1. The van der Waals surface area contributed by atoms with E-state index in [0.717, 1.165) is 38.9 Å². The zero-order valence-electron chi connectivity index (χ0n) is 32.8. The van der Waals surface area contributed by atoms with E-state index in [4.69, 9.17) is 11.1 Å². The van der Waals surface area contributed by atoms with Gasteiger partial charge in [0.2, 0.25) is 17.7 Å². The van der Waals surface area contributed by atoms with E-state index in [1.54, 1.807) is 48.5 Å². The summed E-state index contributed by atoms with van der Waals surface area (Å²) >= 11 is 0. The van der Waals surface area contributed by atoms with Gasteiger partial charge in [-0.25, -0.2) is 8.42 Å². The minimum absolute atomic E-state index is 0.0701. The summed E-state index contributed by atoms with van der Waals surface area (Å²) in [4.78, 5) is 54.9. The van der Waals surface area contributed by atoms with Gasteiger partial charge in [0.05, 0.1) is 24.3 Å². The molecule has 0 spiro atoms. The van der Waals surface area contributed by atoms with Crippen LogP contribution in [0, 0.1) is 17.2 Å². The van der Waals surface area contributed by atoms with E-state index >= 15 is 0 Å². The van der Waals surface area contributed by atoms with Gasteiger partial charge in [-0.05, 0) is 57.3 Å². The largest absolute Gasteiger partial charge is 0.384 e. The maximum Gasteiger partial charge on any atom is 0.224 e. The number of amidine groups is 1. The second-order valence-corrected chi connectivity index (χ2v) is 17.3. The van der Waals surface area contributed by atoms with Crippen molar-refractivity contribution in [2.75, 3.05) is 5.75 Å². The molecule has 1 aliphatic heterocycles. The van der Waals surface area contributed by atoms with Crippen molar-refractivity contribution < 1.29 is 27.6 Å². The fourth-order valence-corrected chi connectivity index (χ4v) is 9.07. The van der Waals surface area contributed by atoms with Crippen molar-refractivity contribution in [2.45, 2.75) is 57.5 Å². The lowest BCUT2D eigenvalue weighted by atomic mass is 9.86. The molecule has 0 unspecified atom stereocenters. The molecule has 5 aromatic rings. The summed E-state index contributed by atoms with van der Waals surface area (Å²) in [7, 11) is -3.78. The summed E-state index contributed by atoms with van der Waals surface area (Å²) < 4.78 is 27.5. The SMILES string of the molecule is N=C(N)c1ccc(CNC(=O)[C@H]2CC(=O)[C@H](CS(=O)(=O)Cc3ccccc3)Cc3cccc(c3)CNC(=O)Cc3ccccc3CC(=O)NCc3cccc(c3)C2)cc1. The molecule has 11 nitrogen and oxygen atoms in total. The van der Waals surface area contributed by atoms with Gasteiger partial charge in [-0.15, -0.1) is 0 Å². The Hall–Kier alpha value is -6.40. The van der Waals surface area contributed by atoms with Crippen LogP contribution >= 0.6 is 0 Å². The number of nitrogen functional groups attached to an aromatic ring is 1. The molecule has 1 aliphatic rings. The fraction of sp³-hybridized carbons (Fsp3) is 0.255. The molecule has 12 heteroatoms. The van der Waals surface area contributed by atoms with Crippen LogP contribution in [0.3, 0.4) is 0 Å². The number of hydrogen-bond donors (Lipinski definition) is 5. The minimum atomic E-state index is -3.78. The number of amides is 3. The molecule has 0 saturated carbocycles. The maximum atomic E-state index is 14.5. The quantitative estimate of drug-likeness (QED) is 0.109. The Kier molecular flexibility index (Phi) is 14.2. The fourth-order valence-electron chi connectivity index (χ4n) is 7.34. The number of Topliss-reactive ketones (excluding diaryl/α,β-unsaturated/α-hetero) is 1. The lowest BCUT2D eigenvalue weighted by Gasteiger charge is -2.22. The minimum Gasteiger partial charge on any atom is -0.384 e. The average molecular weight is 812 g/mol. The van der Waals surface area contributed by atoms with Crippen molar-refractivity contribution in [1.29, 1.82) is 5.41 Å². The number of nitrogens with two attached hydrogens (primary N) is 1. The van der Waals surface area contributed by atoms with Gasteiger partial charge in [-0.2, -0.15) is 0 Å². The third kappa shape index (κ3) is 12.8. The van der Waals surface area contributed by atoms with Crippen LogP contribution in [0.4, 0.5) is 0 Å². The van der Waals surface area contributed by atoms with Crippen LogP contribution in [0.1, 0.15) is 56.5 Å². The number of carbonyl (C=O) groups is 4. The van der Waals surface area contributed by atoms with Crippen molar-refractivity contribution in [3.63, 3.8) is 0 Å². The lowest BCUT2D eigenvalue weighted by Crippen LogP contribution is -2.36. The highest BCUT2D eigenvalue weighted by molar-refractivity contribution is 7.90. The smallest absolute Gasteiger partial charge is 0.224 e. The van der Waals surface area contributed by atoms with Crippen molar-refractivity contribution >= 4 is 39.2 Å². The molecule has 6 rings (SSSR count). The van der Waals surface area contributed by atoms with Gasteiger partial charge in [-0.1, -0.05) is 127 Å². The molecule has 0 radical (unpaired) electrons. The van der Waals surface area contributed by atoms with Crippen LogP contribution < -0.4 is 21.7 Å². The summed E-state index contributed by atoms with van der Waals surface area (Å²) in [6, 6.07) is 37.9. The van der Waals surface area contributed by atoms with E-state index in [-0.39, 0.29) is 86.8 Å². The third-order valence-corrected chi connectivity index (χ3v) is 12.1. The number of fused-ring (bicyclic) bond motifs is 5. The Morgan fingerprint density at radius 2 is 1.20 bits per heavy atom. The number of carbonyl (C=O) groups excluding carboxylic acids is 4. The molecule has 59 heavy (non-hydrogen) atoms. The highest BCUT2D eigenvalue weighted by atomic mass is 32.2. The zero-order chi connectivity index (χ0) is 41.8. The molecule has 6 N–H and O–H groups in total. The molecule has 2 atom stereocenters. The van der Waals surface area contributed by atoms with Crippen LogP contribution in [0.15, 0.2) is 127 Å². The lowest BCUT2D eigenvalue weighted by molar-refractivity contribution is -0.130. The van der Waals surface area contributed by atoms with Crippen molar-refractivity contribution in [3.8, 4) is 0 Å². The van der Waals surface area contributed by atoms with Crippen molar-refractivity contribution in [1.82, 2.24) is 16.0 Å². The summed E-state index contributed by atoms with van der Waals surface area (Å²) in [5, 5.41) is 16.6. The first-order valence-electron chi connectivity index (χ1n) is 19.6. The number of hydrogen-bond acceptors (Lipinski definition) is 7. The van der Waals surface area contributed by atoms with E-state index in [1.807, 2.05) is 78.9 Å². The standard InChI is InChI=1S/C47H49N5O6S/c48-46(49)38-18-16-32(17-19-38)27-52-47(56)41-22-34-10-6-12-36(20-34)28-50-44(54)25-39-14-4-5-15-40(39)26-45(55)51-29-37-13-7-11-35(21-37)23-42(43(53)24-41)31-59(57,58)30-33-8-2-1-3-9-33/h1-21,41-42H,22-31H2,(H3,48,49)(H,50,54)(H,51,55)(H,52,56)/t41-,42+/m1/s1. The Bertz CT molecular complexity index is 2420. The Labute approximate surface area is 345 Å². The summed E-state index contributed by atoms with van der Waals surface area (Å²) in [6.45, 7) is 0.591. The van der Waals surface area contributed by atoms with Gasteiger partial charge in [0.15, 0.2) is 9.84 Å². The molecule has 5 aromatic carbocycles. The summed E-state index contributed by atoms with van der Waals surface area (Å²) in [5.74, 6) is -3.68. The van der Waals surface area contributed by atoms with Gasteiger partial charge in [0, 0.05) is 43.5 Å². The first-order chi connectivity index (χ1) is 28.4. The Morgan fingerprint density at radius 3 is 1.78 bits per heavy atom. The number of benzene rings is 5. The van der Waals surface area contributed by atoms with E-state index < -0.39 is 27.4 Å². The topological polar surface area (TPSA) is 188 Å². The molecule has 3 amide bonds. The van der Waals surface area contributed by atoms with Crippen LogP contribution in [-0.2, 0) is 80.1 Å². The predicted molar refractivity (Wildman–Crippen MR) is 228 cm³/mol. The number of rotatable bonds is 8. The average Bonchev–Trinajstić information content (AvgIpc) is 3.22. The van der Waals surface area contributed by atoms with Crippen LogP contribution in [0.2, 0.25) is 0 Å². The van der Waals surface area contributed by atoms with Crippen molar-refractivity contribution in [2.24, 2.45) is 17.6 Å². The molecule has 1 heterocycles. The van der Waals surface area contributed by atoms with Crippen LogP contribution in [-0.4, -0.2) is 43.5 Å². The molecule has 0 aromatic heterocycles. The van der Waals surface area contributed by atoms with E-state index in [2.05, 4.69) is 16.0 Å². The monoisotopic (exact) mass is 811 g/mol. The summed E-state index contributed by atoms with van der Waals surface area (Å²) in [6.07, 6.45) is 0.274. The van der Waals surface area contributed by atoms with Gasteiger partial charge in [-0.3, -0.25) is 24.6 Å². The molecule has 0 fully saturated rings. The molecular formula is C47H49N5O6S. The molecular weight excluding hydrogens is 763 g/mol. The third-order valence-electron chi connectivity index (χ3n) is 10.4. The molecule has 304 valence electrons. The first-order valence-corrected chi connectivity index (χ1v) is 21.4. The highest BCUT2D eigenvalue weighted by Crippen LogP contribution is 2.23. The second kappa shape index (κ2) is 19.8. The summed E-state index contributed by atoms with van der Waals surface area (Å²) in [5.41, 5.74) is 12.1. The van der Waals surface area contributed by atoms with Crippen LogP contribution in [0.5, 0.6) is 0 Å². The first kappa shape index (κ1) is 42.2. The maximum absolute atomic E-state index is 14.5. The molecule has 4 bridgehead atoms. The van der Waals surface area contributed by atoms with Gasteiger partial charge >= 0.3 is 0 Å². The van der Waals surface area contributed by atoms with Gasteiger partial charge < -0.3 is 21.7 Å². The van der Waals surface area contributed by atoms with E-state index in [1.165, 1.54) is 0 Å². The molecule has 0 aliphatic carbocycles. The highest BCUT2D eigenvalue weighted by Gasteiger charge is 2.31. The Morgan fingerprint density at radius 1 is 0.661 bits per heavy atom. The zero-order valence-corrected chi connectivity index (χ0v) is 33.6.